The van der Waals surface area contributed by atoms with Gasteiger partial charge in [0.1, 0.15) is 0 Å². The SMILES string of the molecule is CCCCCCC(O)CCC1CCCCC1. The second-order valence-electron chi connectivity index (χ2n) is 5.58. The predicted molar refractivity (Wildman–Crippen MR) is 70.6 cm³/mol. The highest BCUT2D eigenvalue weighted by Crippen LogP contribution is 2.28. The average molecular weight is 226 g/mol. The van der Waals surface area contributed by atoms with Crippen molar-refractivity contribution in [2.75, 3.05) is 0 Å². The summed E-state index contributed by atoms with van der Waals surface area (Å²) in [6.45, 7) is 2.24. The van der Waals surface area contributed by atoms with Gasteiger partial charge < -0.3 is 5.11 Å². The van der Waals surface area contributed by atoms with E-state index in [0.717, 1.165) is 18.8 Å². The summed E-state index contributed by atoms with van der Waals surface area (Å²) in [6, 6.07) is 0. The number of hydrogen-bond acceptors (Lipinski definition) is 1. The van der Waals surface area contributed by atoms with Crippen LogP contribution >= 0.6 is 0 Å². The quantitative estimate of drug-likeness (QED) is 0.596. The lowest BCUT2D eigenvalue weighted by atomic mass is 9.85. The van der Waals surface area contributed by atoms with Gasteiger partial charge in [-0.3, -0.25) is 0 Å². The van der Waals surface area contributed by atoms with Gasteiger partial charge in [-0.1, -0.05) is 64.7 Å². The molecule has 1 aliphatic carbocycles. The topological polar surface area (TPSA) is 20.2 Å². The van der Waals surface area contributed by atoms with Gasteiger partial charge in [0.15, 0.2) is 0 Å². The Bertz CT molecular complexity index is 150. The molecule has 16 heavy (non-hydrogen) atoms. The molecule has 0 saturated heterocycles. The van der Waals surface area contributed by atoms with Gasteiger partial charge in [0, 0.05) is 0 Å². The Morgan fingerprint density at radius 3 is 2.44 bits per heavy atom. The summed E-state index contributed by atoms with van der Waals surface area (Å²) in [6.07, 6.45) is 15.6. The molecule has 0 bridgehead atoms. The molecule has 0 aromatic rings. The Morgan fingerprint density at radius 2 is 1.75 bits per heavy atom. The van der Waals surface area contributed by atoms with Crippen molar-refractivity contribution in [3.63, 3.8) is 0 Å². The van der Waals surface area contributed by atoms with E-state index < -0.39 is 0 Å². The Hall–Kier alpha value is -0.0400. The molecule has 0 spiro atoms. The molecule has 0 radical (unpaired) electrons. The van der Waals surface area contributed by atoms with E-state index in [0.29, 0.717) is 0 Å². The first-order valence-corrected chi connectivity index (χ1v) is 7.51. The molecule has 1 rings (SSSR count). The lowest BCUT2D eigenvalue weighted by Crippen LogP contribution is -2.12. The number of rotatable bonds is 8. The molecule has 1 fully saturated rings. The second kappa shape index (κ2) is 9.04. The van der Waals surface area contributed by atoms with E-state index in [2.05, 4.69) is 6.92 Å². The zero-order chi connectivity index (χ0) is 11.6. The van der Waals surface area contributed by atoms with Crippen LogP contribution in [0, 0.1) is 5.92 Å². The van der Waals surface area contributed by atoms with Gasteiger partial charge in [-0.2, -0.15) is 0 Å². The van der Waals surface area contributed by atoms with Gasteiger partial charge in [-0.15, -0.1) is 0 Å². The zero-order valence-corrected chi connectivity index (χ0v) is 11.1. The van der Waals surface area contributed by atoms with Crippen LogP contribution in [0.1, 0.15) is 84.0 Å². The number of aliphatic hydroxyl groups is 1. The molecule has 1 unspecified atom stereocenters. The van der Waals surface area contributed by atoms with E-state index in [1.165, 1.54) is 64.2 Å². The molecule has 1 aliphatic rings. The summed E-state index contributed by atoms with van der Waals surface area (Å²) in [5.41, 5.74) is 0. The Morgan fingerprint density at radius 1 is 1.00 bits per heavy atom. The molecule has 0 aliphatic heterocycles. The van der Waals surface area contributed by atoms with Gasteiger partial charge in [0.25, 0.3) is 0 Å². The molecule has 1 N–H and O–H groups in total. The van der Waals surface area contributed by atoms with E-state index in [-0.39, 0.29) is 6.10 Å². The minimum atomic E-state index is -0.0150. The fraction of sp³-hybridized carbons (Fsp3) is 1.00. The fourth-order valence-electron chi connectivity index (χ4n) is 2.85. The maximum Gasteiger partial charge on any atom is 0.0540 e. The summed E-state index contributed by atoms with van der Waals surface area (Å²) < 4.78 is 0. The highest BCUT2D eigenvalue weighted by molar-refractivity contribution is 4.68. The van der Waals surface area contributed by atoms with E-state index in [1.807, 2.05) is 0 Å². The highest BCUT2D eigenvalue weighted by atomic mass is 16.3. The van der Waals surface area contributed by atoms with Crippen LogP contribution in [-0.2, 0) is 0 Å². The van der Waals surface area contributed by atoms with Crippen molar-refractivity contribution < 1.29 is 5.11 Å². The summed E-state index contributed by atoms with van der Waals surface area (Å²) >= 11 is 0. The van der Waals surface area contributed by atoms with Crippen LogP contribution in [0.25, 0.3) is 0 Å². The van der Waals surface area contributed by atoms with Crippen LogP contribution in [0.3, 0.4) is 0 Å². The van der Waals surface area contributed by atoms with E-state index >= 15 is 0 Å². The Balaban J connectivity index is 1.94. The first-order chi connectivity index (χ1) is 7.83. The fourth-order valence-corrected chi connectivity index (χ4v) is 2.85. The van der Waals surface area contributed by atoms with Crippen LogP contribution in [0.2, 0.25) is 0 Å². The van der Waals surface area contributed by atoms with Crippen LogP contribution in [0.4, 0.5) is 0 Å². The molecule has 1 atom stereocenters. The maximum atomic E-state index is 9.88. The minimum Gasteiger partial charge on any atom is -0.393 e. The third-order valence-electron chi connectivity index (χ3n) is 4.02. The Labute approximate surface area is 102 Å². The number of unbranched alkanes of at least 4 members (excludes halogenated alkanes) is 3. The standard InChI is InChI=1S/C15H30O/c1-2-3-4-8-11-15(16)13-12-14-9-6-5-7-10-14/h14-16H,2-13H2,1H3. The van der Waals surface area contributed by atoms with Gasteiger partial charge in [0.05, 0.1) is 6.10 Å². The normalized spacial score (nSPS) is 19.9. The summed E-state index contributed by atoms with van der Waals surface area (Å²) in [5, 5.41) is 9.88. The average Bonchev–Trinajstić information content (AvgIpc) is 2.33. The number of hydrogen-bond donors (Lipinski definition) is 1. The van der Waals surface area contributed by atoms with Crippen molar-refractivity contribution in [3.05, 3.63) is 0 Å². The van der Waals surface area contributed by atoms with Crippen LogP contribution in [-0.4, -0.2) is 11.2 Å². The van der Waals surface area contributed by atoms with Crippen molar-refractivity contribution in [3.8, 4) is 0 Å². The van der Waals surface area contributed by atoms with E-state index in [4.69, 9.17) is 0 Å². The Kier molecular flexibility index (Phi) is 7.92. The van der Waals surface area contributed by atoms with E-state index in [1.54, 1.807) is 0 Å². The lowest BCUT2D eigenvalue weighted by molar-refractivity contribution is 0.137. The monoisotopic (exact) mass is 226 g/mol. The molecule has 0 heterocycles. The lowest BCUT2D eigenvalue weighted by Gasteiger charge is -2.22. The molecular formula is C15H30O. The third kappa shape index (κ3) is 6.52. The summed E-state index contributed by atoms with van der Waals surface area (Å²) in [7, 11) is 0. The van der Waals surface area contributed by atoms with Gasteiger partial charge in [-0.05, 0) is 25.2 Å². The predicted octanol–water partition coefficient (Wildman–Crippen LogP) is 4.68. The zero-order valence-electron chi connectivity index (χ0n) is 11.1. The molecule has 1 nitrogen and oxygen atoms in total. The molecule has 0 aromatic carbocycles. The van der Waals surface area contributed by atoms with Crippen molar-refractivity contribution in [2.45, 2.75) is 90.1 Å². The first kappa shape index (κ1) is 14.0. The minimum absolute atomic E-state index is 0.0150. The number of aliphatic hydroxyl groups excluding tert-OH is 1. The summed E-state index contributed by atoms with van der Waals surface area (Å²) in [4.78, 5) is 0. The van der Waals surface area contributed by atoms with Gasteiger partial charge in [0.2, 0.25) is 0 Å². The van der Waals surface area contributed by atoms with Gasteiger partial charge in [-0.25, -0.2) is 0 Å². The second-order valence-corrected chi connectivity index (χ2v) is 5.58. The maximum absolute atomic E-state index is 9.88. The van der Waals surface area contributed by atoms with Crippen LogP contribution in [0.15, 0.2) is 0 Å². The van der Waals surface area contributed by atoms with Crippen molar-refractivity contribution in [2.24, 2.45) is 5.92 Å². The molecule has 1 heteroatoms. The molecular weight excluding hydrogens is 196 g/mol. The summed E-state index contributed by atoms with van der Waals surface area (Å²) in [5.74, 6) is 0.930. The largest absolute Gasteiger partial charge is 0.393 e. The van der Waals surface area contributed by atoms with E-state index in [9.17, 15) is 5.11 Å². The van der Waals surface area contributed by atoms with Crippen LogP contribution in [0.5, 0.6) is 0 Å². The molecule has 0 aromatic heterocycles. The first-order valence-electron chi connectivity index (χ1n) is 7.51. The van der Waals surface area contributed by atoms with Crippen molar-refractivity contribution >= 4 is 0 Å². The highest BCUT2D eigenvalue weighted by Gasteiger charge is 2.14. The molecule has 0 amide bonds. The van der Waals surface area contributed by atoms with Gasteiger partial charge >= 0.3 is 0 Å². The third-order valence-corrected chi connectivity index (χ3v) is 4.02. The molecule has 1 saturated carbocycles. The smallest absolute Gasteiger partial charge is 0.0540 e. The molecule has 96 valence electrons. The van der Waals surface area contributed by atoms with Crippen molar-refractivity contribution in [1.82, 2.24) is 0 Å². The van der Waals surface area contributed by atoms with Crippen molar-refractivity contribution in [1.29, 1.82) is 0 Å². The van der Waals surface area contributed by atoms with Crippen LogP contribution < -0.4 is 0 Å².